The second-order valence-corrected chi connectivity index (χ2v) is 8.43. The largest absolute Gasteiger partial charge is 0.332 e. The second-order valence-electron chi connectivity index (χ2n) is 8.02. The number of nitrogens with one attached hydrogen (secondary N) is 3. The standard InChI is InChI=1S/C29H23N3O3S/c1-19-16-17-25(23(18-19)26(33)20-10-4-2-5-11-20)30-28(35)22-14-8-9-15-24(22)31-29(36)32-27(34)21-12-6-3-7-13-21/h2-18H,1H3,(H,30,35)(H2,31,32,34,36). The number of carbonyl (C=O) groups is 3. The molecular weight excluding hydrogens is 470 g/mol. The molecule has 0 heterocycles. The highest BCUT2D eigenvalue weighted by molar-refractivity contribution is 7.80. The van der Waals surface area contributed by atoms with Crippen molar-refractivity contribution in [2.75, 3.05) is 10.6 Å². The first kappa shape index (κ1) is 24.5. The summed E-state index contributed by atoms with van der Waals surface area (Å²) >= 11 is 5.29. The molecule has 0 saturated heterocycles. The zero-order valence-corrected chi connectivity index (χ0v) is 20.3. The van der Waals surface area contributed by atoms with Crippen molar-refractivity contribution in [3.8, 4) is 0 Å². The molecule has 0 spiro atoms. The maximum atomic E-state index is 13.3. The summed E-state index contributed by atoms with van der Waals surface area (Å²) in [7, 11) is 0. The Hall–Kier alpha value is -4.62. The minimum Gasteiger partial charge on any atom is -0.332 e. The van der Waals surface area contributed by atoms with Crippen LogP contribution in [0.15, 0.2) is 103 Å². The topological polar surface area (TPSA) is 87.3 Å². The quantitative estimate of drug-likeness (QED) is 0.240. The van der Waals surface area contributed by atoms with Crippen LogP contribution in [0.5, 0.6) is 0 Å². The van der Waals surface area contributed by atoms with Gasteiger partial charge in [0.05, 0.1) is 16.9 Å². The van der Waals surface area contributed by atoms with Gasteiger partial charge in [0.2, 0.25) is 0 Å². The molecule has 4 rings (SSSR count). The van der Waals surface area contributed by atoms with Gasteiger partial charge in [-0.05, 0) is 55.5 Å². The van der Waals surface area contributed by atoms with Gasteiger partial charge in [0.15, 0.2) is 10.9 Å². The summed E-state index contributed by atoms with van der Waals surface area (Å²) in [5.41, 5.74) is 3.39. The molecule has 4 aromatic carbocycles. The maximum Gasteiger partial charge on any atom is 0.257 e. The van der Waals surface area contributed by atoms with Crippen LogP contribution >= 0.6 is 12.2 Å². The van der Waals surface area contributed by atoms with Crippen LogP contribution in [-0.2, 0) is 0 Å². The monoisotopic (exact) mass is 493 g/mol. The lowest BCUT2D eigenvalue weighted by molar-refractivity contribution is 0.0975. The zero-order valence-electron chi connectivity index (χ0n) is 19.4. The summed E-state index contributed by atoms with van der Waals surface area (Å²) in [4.78, 5) is 38.8. The van der Waals surface area contributed by atoms with Crippen LogP contribution in [0.2, 0.25) is 0 Å². The van der Waals surface area contributed by atoms with Gasteiger partial charge in [-0.25, -0.2) is 0 Å². The Morgan fingerprint density at radius 3 is 1.89 bits per heavy atom. The van der Waals surface area contributed by atoms with Crippen molar-refractivity contribution in [2.45, 2.75) is 6.92 Å². The molecule has 2 amide bonds. The Morgan fingerprint density at radius 1 is 0.611 bits per heavy atom. The maximum absolute atomic E-state index is 13.3. The van der Waals surface area contributed by atoms with Gasteiger partial charge in [0, 0.05) is 16.7 Å². The van der Waals surface area contributed by atoms with Gasteiger partial charge >= 0.3 is 0 Å². The number of rotatable bonds is 6. The van der Waals surface area contributed by atoms with E-state index in [1.165, 1.54) is 0 Å². The molecule has 3 N–H and O–H groups in total. The van der Waals surface area contributed by atoms with Crippen LogP contribution < -0.4 is 16.0 Å². The van der Waals surface area contributed by atoms with Crippen LogP contribution in [0.25, 0.3) is 0 Å². The highest BCUT2D eigenvalue weighted by atomic mass is 32.1. The molecular formula is C29H23N3O3S. The fourth-order valence-electron chi connectivity index (χ4n) is 3.60. The molecule has 36 heavy (non-hydrogen) atoms. The highest BCUT2D eigenvalue weighted by Crippen LogP contribution is 2.23. The van der Waals surface area contributed by atoms with Gasteiger partial charge in [-0.2, -0.15) is 0 Å². The van der Waals surface area contributed by atoms with Crippen molar-refractivity contribution in [1.29, 1.82) is 0 Å². The van der Waals surface area contributed by atoms with Gasteiger partial charge in [-0.1, -0.05) is 72.3 Å². The molecule has 0 aliphatic heterocycles. The van der Waals surface area contributed by atoms with E-state index in [1.807, 2.05) is 25.1 Å². The molecule has 0 fully saturated rings. The van der Waals surface area contributed by atoms with Crippen LogP contribution in [-0.4, -0.2) is 22.7 Å². The Labute approximate surface area is 214 Å². The molecule has 0 aliphatic rings. The number of carbonyl (C=O) groups excluding carboxylic acids is 3. The van der Waals surface area contributed by atoms with Crippen LogP contribution in [0.3, 0.4) is 0 Å². The second kappa shape index (κ2) is 11.2. The number of para-hydroxylation sites is 1. The molecule has 7 heteroatoms. The number of thiocarbonyl (C=S) groups is 1. The number of hydrogen-bond donors (Lipinski definition) is 3. The molecule has 4 aromatic rings. The van der Waals surface area contributed by atoms with Crippen molar-refractivity contribution in [1.82, 2.24) is 5.32 Å². The number of hydrogen-bond acceptors (Lipinski definition) is 4. The summed E-state index contributed by atoms with van der Waals surface area (Å²) in [6, 6.07) is 29.7. The summed E-state index contributed by atoms with van der Waals surface area (Å²) in [5, 5.41) is 8.45. The van der Waals surface area contributed by atoms with E-state index in [0.717, 1.165) is 5.56 Å². The minimum atomic E-state index is -0.429. The Morgan fingerprint density at radius 2 is 1.19 bits per heavy atom. The number of ketones is 1. The third-order valence-electron chi connectivity index (χ3n) is 5.39. The molecule has 6 nitrogen and oxygen atoms in total. The molecule has 0 aromatic heterocycles. The van der Waals surface area contributed by atoms with Crippen LogP contribution in [0.4, 0.5) is 11.4 Å². The number of anilines is 2. The number of amides is 2. The summed E-state index contributed by atoms with van der Waals surface area (Å²) in [6.45, 7) is 1.89. The predicted octanol–water partition coefficient (Wildman–Crippen LogP) is 5.61. The van der Waals surface area contributed by atoms with E-state index in [0.29, 0.717) is 33.6 Å². The Kier molecular flexibility index (Phi) is 7.63. The number of benzene rings is 4. The molecule has 0 bridgehead atoms. The molecule has 0 aliphatic carbocycles. The summed E-state index contributed by atoms with van der Waals surface area (Å²) in [5.74, 6) is -0.981. The lowest BCUT2D eigenvalue weighted by Gasteiger charge is -2.15. The molecule has 0 saturated carbocycles. The number of aryl methyl sites for hydroxylation is 1. The summed E-state index contributed by atoms with van der Waals surface area (Å²) in [6.07, 6.45) is 0. The van der Waals surface area contributed by atoms with E-state index in [1.54, 1.807) is 84.9 Å². The van der Waals surface area contributed by atoms with Gasteiger partial charge < -0.3 is 10.6 Å². The first-order valence-electron chi connectivity index (χ1n) is 11.2. The lowest BCUT2D eigenvalue weighted by atomic mass is 9.99. The van der Waals surface area contributed by atoms with Crippen molar-refractivity contribution in [3.63, 3.8) is 0 Å². The fourth-order valence-corrected chi connectivity index (χ4v) is 3.80. The van der Waals surface area contributed by atoms with E-state index in [-0.39, 0.29) is 16.8 Å². The highest BCUT2D eigenvalue weighted by Gasteiger charge is 2.18. The van der Waals surface area contributed by atoms with Crippen molar-refractivity contribution < 1.29 is 14.4 Å². The third-order valence-corrected chi connectivity index (χ3v) is 5.59. The van der Waals surface area contributed by atoms with Gasteiger partial charge in [-0.15, -0.1) is 0 Å². The minimum absolute atomic E-state index is 0.0550. The molecule has 0 atom stereocenters. The van der Waals surface area contributed by atoms with E-state index in [2.05, 4.69) is 16.0 Å². The van der Waals surface area contributed by atoms with Gasteiger partial charge in [0.1, 0.15) is 0 Å². The average molecular weight is 494 g/mol. The third kappa shape index (κ3) is 5.89. The van der Waals surface area contributed by atoms with E-state index in [4.69, 9.17) is 12.2 Å². The first-order chi connectivity index (χ1) is 17.4. The zero-order chi connectivity index (χ0) is 25.5. The molecule has 0 radical (unpaired) electrons. The predicted molar refractivity (Wildman–Crippen MR) is 146 cm³/mol. The van der Waals surface area contributed by atoms with Crippen molar-refractivity contribution >= 4 is 46.3 Å². The van der Waals surface area contributed by atoms with Crippen LogP contribution in [0, 0.1) is 6.92 Å². The molecule has 0 unspecified atom stereocenters. The first-order valence-corrected chi connectivity index (χ1v) is 11.6. The van der Waals surface area contributed by atoms with E-state index in [9.17, 15) is 14.4 Å². The Balaban J connectivity index is 1.53. The Bertz CT molecular complexity index is 1440. The fraction of sp³-hybridized carbons (Fsp3) is 0.0345. The average Bonchev–Trinajstić information content (AvgIpc) is 2.90. The normalized spacial score (nSPS) is 10.2. The van der Waals surface area contributed by atoms with E-state index < -0.39 is 5.91 Å². The molecule has 178 valence electrons. The summed E-state index contributed by atoms with van der Waals surface area (Å²) < 4.78 is 0. The van der Waals surface area contributed by atoms with Crippen molar-refractivity contribution in [2.24, 2.45) is 0 Å². The lowest BCUT2D eigenvalue weighted by Crippen LogP contribution is -2.34. The van der Waals surface area contributed by atoms with Crippen LogP contribution in [0.1, 0.15) is 42.2 Å². The SMILES string of the molecule is Cc1ccc(NC(=O)c2ccccc2NC(=S)NC(=O)c2ccccc2)c(C(=O)c2ccccc2)c1. The van der Waals surface area contributed by atoms with Gasteiger partial charge in [-0.3, -0.25) is 19.7 Å². The van der Waals surface area contributed by atoms with Gasteiger partial charge in [0.25, 0.3) is 11.8 Å². The van der Waals surface area contributed by atoms with E-state index >= 15 is 0 Å². The smallest absolute Gasteiger partial charge is 0.257 e. The van der Waals surface area contributed by atoms with Crippen molar-refractivity contribution in [3.05, 3.63) is 131 Å².